The van der Waals surface area contributed by atoms with Crippen LogP contribution in [0.15, 0.2) is 47.1 Å². The highest BCUT2D eigenvalue weighted by Gasteiger charge is 2.50. The zero-order valence-electron chi connectivity index (χ0n) is 28.1. The van der Waals surface area contributed by atoms with Crippen molar-refractivity contribution in [3.63, 3.8) is 0 Å². The van der Waals surface area contributed by atoms with Crippen molar-refractivity contribution in [1.29, 1.82) is 0 Å². The van der Waals surface area contributed by atoms with E-state index in [0.29, 0.717) is 43.3 Å². The predicted octanol–water partition coefficient (Wildman–Crippen LogP) is 4.97. The van der Waals surface area contributed by atoms with Gasteiger partial charge in [-0.05, 0) is 37.1 Å². The van der Waals surface area contributed by atoms with Gasteiger partial charge in [0, 0.05) is 43.4 Å². The van der Waals surface area contributed by atoms with Crippen molar-refractivity contribution in [3.8, 4) is 17.7 Å². The van der Waals surface area contributed by atoms with Gasteiger partial charge in [0.05, 0.1) is 38.0 Å². The van der Waals surface area contributed by atoms with Crippen LogP contribution in [0, 0.1) is 11.8 Å². The van der Waals surface area contributed by atoms with E-state index < -0.39 is 59.1 Å². The molecule has 5 aromatic rings. The Balaban J connectivity index is 1.18. The number of rotatable bonds is 6. The number of morpholine rings is 1. The molecule has 3 aliphatic heterocycles. The molecule has 0 bridgehead atoms. The quantitative estimate of drug-likeness (QED) is 0.186. The third kappa shape index (κ3) is 6.12. The highest BCUT2D eigenvalue weighted by molar-refractivity contribution is 6.07. The number of benzene rings is 1. The van der Waals surface area contributed by atoms with Crippen molar-refractivity contribution in [2.75, 3.05) is 42.7 Å². The van der Waals surface area contributed by atoms with Gasteiger partial charge in [-0.15, -0.1) is 0 Å². The number of para-hydroxylation sites is 1. The van der Waals surface area contributed by atoms with E-state index in [1.165, 1.54) is 17.2 Å². The number of pyridine rings is 1. The Kier molecular flexibility index (Phi) is 8.37. The number of aliphatic carboxylic acids is 1. The summed E-state index contributed by atoms with van der Waals surface area (Å²) < 4.78 is 95.4. The Bertz CT molecular complexity index is 2300. The van der Waals surface area contributed by atoms with E-state index in [1.807, 2.05) is 13.0 Å². The number of alkyl halides is 5. The number of ether oxygens (including phenoxy) is 3. The largest absolute Gasteiger partial charge is 0.480 e. The van der Waals surface area contributed by atoms with E-state index in [0.717, 1.165) is 12.1 Å². The number of aromatic nitrogens is 5. The van der Waals surface area contributed by atoms with Crippen molar-refractivity contribution in [2.24, 2.45) is 7.05 Å². The lowest BCUT2D eigenvalue weighted by atomic mass is 9.90. The molecule has 13 nitrogen and oxygen atoms in total. The average Bonchev–Trinajstić information content (AvgIpc) is 3.83. The molecule has 1 N–H and O–H groups in total. The molecule has 18 heteroatoms. The normalized spacial score (nSPS) is 21.3. The molecule has 0 radical (unpaired) electrons. The van der Waals surface area contributed by atoms with E-state index in [1.54, 1.807) is 24.0 Å². The standard InChI is InChI=1S/C35H30F5N7O6/c1-18-34(16-50-17-34)51-11-10-46(18)24-12-19(6-7-20-8-9-45(2)44-20)14-41-32(24)52-21-13-25(33(48)49)47(15-21)31-28-26(42-30(43-31)29(36)37)22-4-3-5-23(27(22)53-28)35(38,39)40/h3-5,8-9,12,14,18,21,25,29H,10-11,13,15-17H2,1-2H3,(H,48,49)/t18-,21-,25-/m0/s1. The number of hydrogen-bond donors (Lipinski definition) is 1. The Morgan fingerprint density at radius 2 is 1.94 bits per heavy atom. The first-order valence-corrected chi connectivity index (χ1v) is 16.6. The van der Waals surface area contributed by atoms with Gasteiger partial charge in [-0.2, -0.15) is 18.3 Å². The SMILES string of the molecule is C[C@@H]1N(c2cc(C#Cc3ccn(C)n3)cnc2O[C@H]2C[C@@H](C(=O)O)N(c3nc(C(F)F)nc4c3oc3c(C(F)(F)F)cccc34)C2)CCOC12COC2. The van der Waals surface area contributed by atoms with Crippen molar-refractivity contribution < 1.29 is 50.5 Å². The lowest BCUT2D eigenvalue weighted by Gasteiger charge is -2.53. The minimum atomic E-state index is -4.84. The molecule has 8 rings (SSSR count). The van der Waals surface area contributed by atoms with Crippen molar-refractivity contribution in [2.45, 2.75) is 49.7 Å². The van der Waals surface area contributed by atoms with Gasteiger partial charge in [-0.25, -0.2) is 28.5 Å². The van der Waals surface area contributed by atoms with Crippen molar-refractivity contribution in [1.82, 2.24) is 24.7 Å². The second kappa shape index (κ2) is 12.8. The molecule has 0 saturated carbocycles. The van der Waals surface area contributed by atoms with Crippen LogP contribution in [0.3, 0.4) is 0 Å². The maximum atomic E-state index is 14.1. The first kappa shape index (κ1) is 34.5. The summed E-state index contributed by atoms with van der Waals surface area (Å²) in [6.07, 6.45) is -5.82. The summed E-state index contributed by atoms with van der Waals surface area (Å²) in [6.45, 7) is 3.42. The molecule has 3 aliphatic rings. The molecule has 1 spiro atoms. The lowest BCUT2D eigenvalue weighted by Crippen LogP contribution is -2.68. The zero-order chi connectivity index (χ0) is 37.2. The predicted molar refractivity (Wildman–Crippen MR) is 177 cm³/mol. The molecule has 3 saturated heterocycles. The van der Waals surface area contributed by atoms with Crippen LogP contribution in [0.2, 0.25) is 0 Å². The van der Waals surface area contributed by atoms with Crippen LogP contribution in [0.5, 0.6) is 5.88 Å². The van der Waals surface area contributed by atoms with Crippen LogP contribution in [-0.2, 0) is 27.5 Å². The summed E-state index contributed by atoms with van der Waals surface area (Å²) in [5.74, 6) is 3.52. The number of halogens is 5. The summed E-state index contributed by atoms with van der Waals surface area (Å²) in [4.78, 5) is 28.3. The Hall–Kier alpha value is -5.54. The highest BCUT2D eigenvalue weighted by Crippen LogP contribution is 2.43. The molecular formula is C35H30F5N7O6. The molecule has 4 aromatic heterocycles. The average molecular weight is 740 g/mol. The van der Waals surface area contributed by atoms with E-state index in [4.69, 9.17) is 18.6 Å². The van der Waals surface area contributed by atoms with Gasteiger partial charge in [0.15, 0.2) is 17.2 Å². The van der Waals surface area contributed by atoms with Gasteiger partial charge < -0.3 is 33.5 Å². The van der Waals surface area contributed by atoms with Crippen LogP contribution in [0.25, 0.3) is 22.1 Å². The number of anilines is 2. The molecule has 3 fully saturated rings. The number of carbonyl (C=O) groups is 1. The third-order valence-corrected chi connectivity index (χ3v) is 9.77. The Labute approximate surface area is 297 Å². The van der Waals surface area contributed by atoms with Crippen LogP contribution in [0.1, 0.15) is 42.4 Å². The highest BCUT2D eigenvalue weighted by atomic mass is 19.4. The summed E-state index contributed by atoms with van der Waals surface area (Å²) >= 11 is 0. The van der Waals surface area contributed by atoms with Crippen LogP contribution < -0.4 is 14.5 Å². The summed E-state index contributed by atoms with van der Waals surface area (Å²) in [6, 6.07) is 5.17. The number of hydrogen-bond acceptors (Lipinski definition) is 11. The minimum Gasteiger partial charge on any atom is -0.480 e. The van der Waals surface area contributed by atoms with Gasteiger partial charge in [0.1, 0.15) is 40.2 Å². The second-order valence-corrected chi connectivity index (χ2v) is 13.1. The first-order valence-electron chi connectivity index (χ1n) is 16.6. The van der Waals surface area contributed by atoms with E-state index in [-0.39, 0.29) is 41.4 Å². The molecular weight excluding hydrogens is 709 g/mol. The fourth-order valence-electron chi connectivity index (χ4n) is 7.02. The number of carboxylic acid groups (broad SMARTS) is 1. The summed E-state index contributed by atoms with van der Waals surface area (Å²) in [5, 5.41) is 14.4. The monoisotopic (exact) mass is 739 g/mol. The fraction of sp³-hybridized carbons (Fsp3) is 0.400. The van der Waals surface area contributed by atoms with E-state index >= 15 is 0 Å². The third-order valence-electron chi connectivity index (χ3n) is 9.77. The second-order valence-electron chi connectivity index (χ2n) is 13.1. The van der Waals surface area contributed by atoms with E-state index in [2.05, 4.69) is 36.8 Å². The van der Waals surface area contributed by atoms with Gasteiger partial charge in [-0.3, -0.25) is 4.68 Å². The van der Waals surface area contributed by atoms with Crippen molar-refractivity contribution >= 4 is 39.5 Å². The van der Waals surface area contributed by atoms with Crippen molar-refractivity contribution in [3.05, 3.63) is 65.4 Å². The zero-order valence-corrected chi connectivity index (χ0v) is 28.1. The molecule has 3 atom stereocenters. The maximum Gasteiger partial charge on any atom is 0.420 e. The van der Waals surface area contributed by atoms with Gasteiger partial charge in [-0.1, -0.05) is 12.0 Å². The van der Waals surface area contributed by atoms with Gasteiger partial charge in [0.2, 0.25) is 5.88 Å². The number of carboxylic acids is 1. The molecule has 7 heterocycles. The lowest BCUT2D eigenvalue weighted by molar-refractivity contribution is -0.228. The molecule has 0 amide bonds. The van der Waals surface area contributed by atoms with Crippen LogP contribution in [0.4, 0.5) is 33.5 Å². The Morgan fingerprint density at radius 1 is 1.13 bits per heavy atom. The molecule has 53 heavy (non-hydrogen) atoms. The molecule has 1 aromatic carbocycles. The number of nitrogens with zero attached hydrogens (tertiary/aromatic N) is 7. The van der Waals surface area contributed by atoms with Crippen LogP contribution >= 0.6 is 0 Å². The Morgan fingerprint density at radius 3 is 2.62 bits per heavy atom. The number of furan rings is 1. The molecule has 0 unspecified atom stereocenters. The topological polar surface area (TPSA) is 141 Å². The van der Waals surface area contributed by atoms with E-state index in [9.17, 15) is 31.9 Å². The number of fused-ring (bicyclic) bond motifs is 3. The van der Waals surface area contributed by atoms with Gasteiger partial charge in [0.25, 0.3) is 6.43 Å². The van der Waals surface area contributed by atoms with Gasteiger partial charge >= 0.3 is 12.1 Å². The number of aryl methyl sites for hydroxylation is 1. The van der Waals surface area contributed by atoms with Crippen LogP contribution in [-0.4, -0.2) is 92.5 Å². The molecule has 276 valence electrons. The summed E-state index contributed by atoms with van der Waals surface area (Å²) in [5.41, 5.74) is -1.33. The molecule has 0 aliphatic carbocycles. The smallest absolute Gasteiger partial charge is 0.420 e. The maximum absolute atomic E-state index is 14.1. The fourth-order valence-corrected chi connectivity index (χ4v) is 7.02. The summed E-state index contributed by atoms with van der Waals surface area (Å²) in [7, 11) is 1.78. The first-order chi connectivity index (χ1) is 25.3. The minimum absolute atomic E-state index is 0.155.